The lowest BCUT2D eigenvalue weighted by molar-refractivity contribution is 0.0297. The second kappa shape index (κ2) is 6.76. The van der Waals surface area contributed by atoms with E-state index < -0.39 is 0 Å². The molecule has 0 bridgehead atoms. The molecule has 3 nitrogen and oxygen atoms in total. The normalized spacial score (nSPS) is 21.4. The zero-order chi connectivity index (χ0) is 15.6. The maximum absolute atomic E-state index is 3.69. The Morgan fingerprint density at radius 1 is 0.900 bits per heavy atom. The number of hydrogen-bond donors (Lipinski definition) is 1. The first-order valence-electron chi connectivity index (χ1n) is 8.25. The SMILES string of the molecule is CC(C)C(CNC(C)(C)C)N1CCN(C(C)(C)C)CC1. The molecule has 1 atom stereocenters. The van der Waals surface area contributed by atoms with Crippen LogP contribution in [0.5, 0.6) is 0 Å². The number of nitrogens with zero attached hydrogens (tertiary/aromatic N) is 2. The summed E-state index contributed by atoms with van der Waals surface area (Å²) in [7, 11) is 0. The van der Waals surface area contributed by atoms with E-state index in [4.69, 9.17) is 0 Å². The van der Waals surface area contributed by atoms with E-state index in [1.165, 1.54) is 26.2 Å². The predicted molar refractivity (Wildman–Crippen MR) is 89.3 cm³/mol. The summed E-state index contributed by atoms with van der Waals surface area (Å²) in [6, 6.07) is 0.649. The van der Waals surface area contributed by atoms with Gasteiger partial charge in [-0.15, -0.1) is 0 Å². The van der Waals surface area contributed by atoms with E-state index in [-0.39, 0.29) is 5.54 Å². The van der Waals surface area contributed by atoms with Gasteiger partial charge >= 0.3 is 0 Å². The number of piperazine rings is 1. The fraction of sp³-hybridized carbons (Fsp3) is 1.00. The highest BCUT2D eigenvalue weighted by Gasteiger charge is 2.30. The molecule has 120 valence electrons. The van der Waals surface area contributed by atoms with Crippen LogP contribution in [-0.2, 0) is 0 Å². The highest BCUT2D eigenvalue weighted by Crippen LogP contribution is 2.19. The largest absolute Gasteiger partial charge is 0.311 e. The molecule has 0 amide bonds. The van der Waals surface area contributed by atoms with Gasteiger partial charge < -0.3 is 5.32 Å². The van der Waals surface area contributed by atoms with Crippen molar-refractivity contribution in [2.75, 3.05) is 32.7 Å². The van der Waals surface area contributed by atoms with E-state index >= 15 is 0 Å². The van der Waals surface area contributed by atoms with E-state index in [9.17, 15) is 0 Å². The van der Waals surface area contributed by atoms with Gasteiger partial charge in [-0.2, -0.15) is 0 Å². The van der Waals surface area contributed by atoms with Gasteiger partial charge in [0.1, 0.15) is 0 Å². The lowest BCUT2D eigenvalue weighted by atomic mass is 9.98. The molecule has 0 saturated carbocycles. The molecule has 1 heterocycles. The highest BCUT2D eigenvalue weighted by molar-refractivity contribution is 4.87. The first-order valence-corrected chi connectivity index (χ1v) is 8.25. The quantitative estimate of drug-likeness (QED) is 0.856. The minimum absolute atomic E-state index is 0.209. The van der Waals surface area contributed by atoms with Crippen molar-refractivity contribution < 1.29 is 0 Å². The van der Waals surface area contributed by atoms with Crippen molar-refractivity contribution >= 4 is 0 Å². The summed E-state index contributed by atoms with van der Waals surface area (Å²) < 4.78 is 0. The smallest absolute Gasteiger partial charge is 0.0244 e. The van der Waals surface area contributed by atoms with Crippen LogP contribution in [0.4, 0.5) is 0 Å². The van der Waals surface area contributed by atoms with Gasteiger partial charge in [-0.25, -0.2) is 0 Å². The Morgan fingerprint density at radius 2 is 1.40 bits per heavy atom. The van der Waals surface area contributed by atoms with Crippen molar-refractivity contribution in [3.63, 3.8) is 0 Å². The fourth-order valence-electron chi connectivity index (χ4n) is 2.92. The monoisotopic (exact) mass is 283 g/mol. The molecule has 0 aromatic rings. The van der Waals surface area contributed by atoms with Crippen LogP contribution in [0.1, 0.15) is 55.4 Å². The van der Waals surface area contributed by atoms with Gasteiger partial charge in [0.2, 0.25) is 0 Å². The maximum atomic E-state index is 3.69. The van der Waals surface area contributed by atoms with Crippen LogP contribution in [0.3, 0.4) is 0 Å². The molecule has 1 fully saturated rings. The third kappa shape index (κ3) is 5.71. The van der Waals surface area contributed by atoms with Gasteiger partial charge in [-0.3, -0.25) is 9.80 Å². The van der Waals surface area contributed by atoms with Crippen LogP contribution < -0.4 is 5.32 Å². The van der Waals surface area contributed by atoms with Crippen LogP contribution >= 0.6 is 0 Å². The summed E-state index contributed by atoms with van der Waals surface area (Å²) in [5.41, 5.74) is 0.517. The van der Waals surface area contributed by atoms with E-state index in [0.717, 1.165) is 6.54 Å². The zero-order valence-electron chi connectivity index (χ0n) is 15.1. The average Bonchev–Trinajstić information content (AvgIpc) is 2.26. The van der Waals surface area contributed by atoms with Gasteiger partial charge in [0.05, 0.1) is 0 Å². The fourth-order valence-corrected chi connectivity index (χ4v) is 2.92. The van der Waals surface area contributed by atoms with Crippen LogP contribution in [0, 0.1) is 5.92 Å². The van der Waals surface area contributed by atoms with Crippen molar-refractivity contribution in [1.82, 2.24) is 15.1 Å². The maximum Gasteiger partial charge on any atom is 0.0244 e. The predicted octanol–water partition coefficient (Wildman–Crippen LogP) is 2.82. The molecule has 1 N–H and O–H groups in total. The molecule has 1 saturated heterocycles. The first-order chi connectivity index (χ1) is 9.00. The second-order valence-electron chi connectivity index (χ2n) is 8.64. The highest BCUT2D eigenvalue weighted by atomic mass is 15.3. The van der Waals surface area contributed by atoms with E-state index in [1.54, 1.807) is 0 Å². The summed E-state index contributed by atoms with van der Waals surface area (Å²) in [6.45, 7) is 24.3. The van der Waals surface area contributed by atoms with E-state index in [0.29, 0.717) is 17.5 Å². The minimum atomic E-state index is 0.209. The van der Waals surface area contributed by atoms with Crippen molar-refractivity contribution in [1.29, 1.82) is 0 Å². The number of hydrogen-bond acceptors (Lipinski definition) is 3. The number of nitrogens with one attached hydrogen (secondary N) is 1. The minimum Gasteiger partial charge on any atom is -0.311 e. The van der Waals surface area contributed by atoms with Gasteiger partial charge in [0.25, 0.3) is 0 Å². The van der Waals surface area contributed by atoms with Gasteiger partial charge in [-0.05, 0) is 47.5 Å². The lowest BCUT2D eigenvalue weighted by Gasteiger charge is -2.46. The van der Waals surface area contributed by atoms with Crippen molar-refractivity contribution in [3.8, 4) is 0 Å². The van der Waals surface area contributed by atoms with Crippen molar-refractivity contribution in [2.24, 2.45) is 5.92 Å². The summed E-state index contributed by atoms with van der Waals surface area (Å²) in [4.78, 5) is 5.30. The van der Waals surface area contributed by atoms with Crippen molar-refractivity contribution in [2.45, 2.75) is 72.5 Å². The third-order valence-corrected chi connectivity index (χ3v) is 4.34. The van der Waals surface area contributed by atoms with Crippen molar-refractivity contribution in [3.05, 3.63) is 0 Å². The summed E-state index contributed by atoms with van der Waals surface area (Å²) in [5, 5.41) is 3.69. The molecule has 3 heteroatoms. The Morgan fingerprint density at radius 3 is 1.75 bits per heavy atom. The molecule has 0 aliphatic carbocycles. The average molecular weight is 284 g/mol. The van der Waals surface area contributed by atoms with E-state index in [1.807, 2.05) is 0 Å². The lowest BCUT2D eigenvalue weighted by Crippen LogP contribution is -2.59. The van der Waals surface area contributed by atoms with Gasteiger partial charge in [-0.1, -0.05) is 13.8 Å². The second-order valence-corrected chi connectivity index (χ2v) is 8.64. The Hall–Kier alpha value is -0.120. The first kappa shape index (κ1) is 17.9. The van der Waals surface area contributed by atoms with Crippen LogP contribution in [-0.4, -0.2) is 59.6 Å². The van der Waals surface area contributed by atoms with Crippen LogP contribution in [0.2, 0.25) is 0 Å². The molecule has 20 heavy (non-hydrogen) atoms. The molecule has 0 spiro atoms. The van der Waals surface area contributed by atoms with Gasteiger partial charge in [0, 0.05) is 49.8 Å². The zero-order valence-corrected chi connectivity index (χ0v) is 15.1. The molecule has 1 aliphatic heterocycles. The summed E-state index contributed by atoms with van der Waals surface area (Å²) in [5.74, 6) is 0.700. The van der Waals surface area contributed by atoms with E-state index in [2.05, 4.69) is 70.5 Å². The summed E-state index contributed by atoms with van der Waals surface area (Å²) in [6.07, 6.45) is 0. The Kier molecular flexibility index (Phi) is 6.06. The van der Waals surface area contributed by atoms with Crippen LogP contribution in [0.15, 0.2) is 0 Å². The topological polar surface area (TPSA) is 18.5 Å². The van der Waals surface area contributed by atoms with Crippen LogP contribution in [0.25, 0.3) is 0 Å². The molecule has 0 aromatic heterocycles. The third-order valence-electron chi connectivity index (χ3n) is 4.34. The molecule has 1 rings (SSSR count). The molecule has 1 unspecified atom stereocenters. The molecular formula is C17H37N3. The molecule has 1 aliphatic rings. The molecule has 0 aromatic carbocycles. The van der Waals surface area contributed by atoms with Gasteiger partial charge in [0.15, 0.2) is 0 Å². The Bertz CT molecular complexity index is 278. The number of rotatable bonds is 4. The Labute approximate surface area is 127 Å². The standard InChI is InChI=1S/C17H37N3/c1-14(2)15(13-18-16(3,4)5)19-9-11-20(12-10-19)17(6,7)8/h14-15,18H,9-13H2,1-8H3. The summed E-state index contributed by atoms with van der Waals surface area (Å²) >= 11 is 0. The Balaban J connectivity index is 2.54. The molecule has 0 radical (unpaired) electrons. The molecular weight excluding hydrogens is 246 g/mol.